The number of rotatable bonds is 2. The van der Waals surface area contributed by atoms with Gasteiger partial charge in [-0.1, -0.05) is 11.3 Å². The molecule has 2 rings (SSSR count). The molecule has 0 radical (unpaired) electrons. The van der Waals surface area contributed by atoms with E-state index in [1.807, 2.05) is 27.0 Å². The minimum Gasteiger partial charge on any atom is -0.462 e. The number of thiazole rings is 1. The Morgan fingerprint density at radius 2 is 2.11 bits per heavy atom. The maximum Gasteiger partial charge on any atom is 0.293 e. The van der Waals surface area contributed by atoms with E-state index in [1.165, 1.54) is 0 Å². The molecule has 7 heteroatoms. The minimum absolute atomic E-state index is 0.318. The van der Waals surface area contributed by atoms with Crippen LogP contribution in [0.4, 0.5) is 5.13 Å². The maximum absolute atomic E-state index is 9.60. The smallest absolute Gasteiger partial charge is 0.293 e. The van der Waals surface area contributed by atoms with E-state index >= 15 is 0 Å². The van der Waals surface area contributed by atoms with Crippen LogP contribution in [0.25, 0.3) is 0 Å². The molecular formula is C12H20BrN3O2S. The van der Waals surface area contributed by atoms with Crippen molar-refractivity contribution >= 4 is 38.9 Å². The second-order valence-corrected chi connectivity index (χ2v) is 7.40. The highest BCUT2D eigenvalue weighted by atomic mass is 79.9. The number of carbonyl (C=O) groups excluding carboxylic acids is 1. The van der Waals surface area contributed by atoms with Gasteiger partial charge in [-0.2, -0.15) is 0 Å². The van der Waals surface area contributed by atoms with Crippen LogP contribution in [0.3, 0.4) is 0 Å². The van der Waals surface area contributed by atoms with Crippen LogP contribution in [0, 0.1) is 0 Å². The number of hydrogen-bond donors (Lipinski definition) is 1. The molecule has 1 saturated heterocycles. The van der Waals surface area contributed by atoms with Crippen molar-refractivity contribution < 1.29 is 9.53 Å². The molecule has 0 saturated carbocycles. The number of piperazine rings is 1. The van der Waals surface area contributed by atoms with E-state index in [9.17, 15) is 4.79 Å². The molecule has 0 aliphatic carbocycles. The molecule has 0 spiro atoms. The molecule has 19 heavy (non-hydrogen) atoms. The van der Waals surface area contributed by atoms with E-state index in [4.69, 9.17) is 0 Å². The van der Waals surface area contributed by atoms with Crippen LogP contribution in [0.1, 0.15) is 20.8 Å². The first-order chi connectivity index (χ1) is 8.92. The lowest BCUT2D eigenvalue weighted by molar-refractivity contribution is -0.138. The van der Waals surface area contributed by atoms with Crippen molar-refractivity contribution in [2.45, 2.75) is 26.4 Å². The van der Waals surface area contributed by atoms with Crippen LogP contribution in [0.2, 0.25) is 0 Å². The van der Waals surface area contributed by atoms with Gasteiger partial charge in [0.1, 0.15) is 5.60 Å². The molecule has 1 aromatic rings. The molecule has 1 aliphatic heterocycles. The number of hydrogen-bond acceptors (Lipinski definition) is 6. The maximum atomic E-state index is 9.60. The molecule has 1 aliphatic rings. The number of nitrogens with zero attached hydrogens (tertiary/aromatic N) is 2. The predicted molar refractivity (Wildman–Crippen MR) is 81.8 cm³/mol. The lowest BCUT2D eigenvalue weighted by Crippen LogP contribution is -2.43. The Labute approximate surface area is 126 Å². The van der Waals surface area contributed by atoms with Gasteiger partial charge in [0.25, 0.3) is 6.47 Å². The Morgan fingerprint density at radius 1 is 1.47 bits per heavy atom. The average molecular weight is 350 g/mol. The van der Waals surface area contributed by atoms with Crippen molar-refractivity contribution in [3.05, 3.63) is 9.98 Å². The summed E-state index contributed by atoms with van der Waals surface area (Å²) in [6, 6.07) is 0. The zero-order valence-corrected chi connectivity index (χ0v) is 13.9. The van der Waals surface area contributed by atoms with Gasteiger partial charge in [0.15, 0.2) is 5.13 Å². The van der Waals surface area contributed by atoms with Gasteiger partial charge >= 0.3 is 0 Å². The number of carbonyl (C=O) groups is 1. The standard InChI is InChI=1S/C7H10BrN3S.C5H10O2/c8-6-5-10-7(12-6)11-3-1-9-2-4-11;1-5(2,3)7-4-6/h5,9H,1-4H2;4H,1-3H3. The summed E-state index contributed by atoms with van der Waals surface area (Å²) < 4.78 is 5.66. The monoisotopic (exact) mass is 349 g/mol. The Bertz CT molecular complexity index is 387. The van der Waals surface area contributed by atoms with Crippen LogP contribution in [-0.2, 0) is 9.53 Å². The van der Waals surface area contributed by atoms with Crippen LogP contribution in [0.5, 0.6) is 0 Å². The summed E-state index contributed by atoms with van der Waals surface area (Å²) in [4.78, 5) is 16.2. The number of nitrogens with one attached hydrogen (secondary N) is 1. The van der Waals surface area contributed by atoms with Crippen molar-refractivity contribution in [1.82, 2.24) is 10.3 Å². The predicted octanol–water partition coefficient (Wildman–Crippen LogP) is 2.27. The van der Waals surface area contributed by atoms with E-state index in [0.29, 0.717) is 6.47 Å². The molecule has 0 amide bonds. The molecule has 1 N–H and O–H groups in total. The van der Waals surface area contributed by atoms with Crippen LogP contribution in [0.15, 0.2) is 9.98 Å². The van der Waals surface area contributed by atoms with Crippen LogP contribution >= 0.6 is 27.3 Å². The summed E-state index contributed by atoms with van der Waals surface area (Å²) in [6.45, 7) is 10.2. The van der Waals surface area contributed by atoms with Crippen LogP contribution < -0.4 is 10.2 Å². The third-order valence-corrected chi connectivity index (χ3v) is 3.79. The molecule has 5 nitrogen and oxygen atoms in total. The van der Waals surface area contributed by atoms with Gasteiger partial charge in [-0.25, -0.2) is 4.98 Å². The number of anilines is 1. The molecular weight excluding hydrogens is 330 g/mol. The Balaban J connectivity index is 0.000000224. The number of ether oxygens (including phenoxy) is 1. The van der Waals surface area contributed by atoms with Gasteiger partial charge in [-0.3, -0.25) is 4.79 Å². The molecule has 1 fully saturated rings. The highest BCUT2D eigenvalue weighted by Gasteiger charge is 2.12. The zero-order chi connectivity index (χ0) is 14.3. The summed E-state index contributed by atoms with van der Waals surface area (Å²) in [7, 11) is 0. The van der Waals surface area contributed by atoms with Crippen LogP contribution in [-0.4, -0.2) is 43.2 Å². The van der Waals surface area contributed by atoms with Gasteiger partial charge < -0.3 is 15.0 Å². The third kappa shape index (κ3) is 6.89. The highest BCUT2D eigenvalue weighted by Crippen LogP contribution is 2.26. The molecule has 0 atom stereocenters. The van der Waals surface area contributed by atoms with E-state index in [0.717, 1.165) is 35.1 Å². The molecule has 0 unspecified atom stereocenters. The third-order valence-electron chi connectivity index (χ3n) is 2.25. The fourth-order valence-electron chi connectivity index (χ4n) is 1.39. The summed E-state index contributed by atoms with van der Waals surface area (Å²) >= 11 is 5.11. The van der Waals surface area contributed by atoms with E-state index < -0.39 is 0 Å². The van der Waals surface area contributed by atoms with Crippen molar-refractivity contribution in [2.75, 3.05) is 31.1 Å². The first kappa shape index (κ1) is 16.4. The second kappa shape index (κ2) is 7.81. The van der Waals surface area contributed by atoms with Crippen molar-refractivity contribution in [2.24, 2.45) is 0 Å². The molecule has 0 bridgehead atoms. The quantitative estimate of drug-likeness (QED) is 0.830. The fraction of sp³-hybridized carbons (Fsp3) is 0.667. The lowest BCUT2D eigenvalue weighted by atomic mass is 10.2. The Morgan fingerprint density at radius 3 is 2.47 bits per heavy atom. The first-order valence-electron chi connectivity index (χ1n) is 6.11. The van der Waals surface area contributed by atoms with Crippen molar-refractivity contribution in [1.29, 1.82) is 0 Å². The summed E-state index contributed by atoms with van der Waals surface area (Å²) in [5, 5.41) is 4.44. The average Bonchev–Trinajstić information content (AvgIpc) is 2.76. The van der Waals surface area contributed by atoms with Crippen molar-refractivity contribution in [3.8, 4) is 0 Å². The summed E-state index contributed by atoms with van der Waals surface area (Å²) in [6.07, 6.45) is 1.86. The van der Waals surface area contributed by atoms with Gasteiger partial charge in [0, 0.05) is 26.2 Å². The Kier molecular flexibility index (Phi) is 6.74. The fourth-order valence-corrected chi connectivity index (χ4v) is 2.63. The van der Waals surface area contributed by atoms with Gasteiger partial charge in [-0.05, 0) is 36.7 Å². The number of halogens is 1. The summed E-state index contributed by atoms with van der Waals surface area (Å²) in [5.41, 5.74) is -0.318. The molecule has 108 valence electrons. The van der Waals surface area contributed by atoms with Crippen molar-refractivity contribution in [3.63, 3.8) is 0 Å². The zero-order valence-electron chi connectivity index (χ0n) is 11.5. The second-order valence-electron chi connectivity index (χ2n) is 5.01. The largest absolute Gasteiger partial charge is 0.462 e. The lowest BCUT2D eigenvalue weighted by Gasteiger charge is -2.26. The SMILES string of the molecule is Brc1cnc(N2CCNCC2)s1.CC(C)(C)OC=O. The van der Waals surface area contributed by atoms with Gasteiger partial charge in [0.2, 0.25) is 0 Å². The first-order valence-corrected chi connectivity index (χ1v) is 7.72. The van der Waals surface area contributed by atoms with E-state index in [-0.39, 0.29) is 5.60 Å². The Hall–Kier alpha value is -0.660. The topological polar surface area (TPSA) is 54.5 Å². The normalized spacial score (nSPS) is 15.5. The highest BCUT2D eigenvalue weighted by molar-refractivity contribution is 9.11. The van der Waals surface area contributed by atoms with E-state index in [2.05, 4.69) is 35.9 Å². The molecule has 2 heterocycles. The van der Waals surface area contributed by atoms with Gasteiger partial charge in [-0.15, -0.1) is 0 Å². The summed E-state index contributed by atoms with van der Waals surface area (Å²) in [5.74, 6) is 0. The molecule has 1 aromatic heterocycles. The van der Waals surface area contributed by atoms with E-state index in [1.54, 1.807) is 11.3 Å². The van der Waals surface area contributed by atoms with Gasteiger partial charge in [0.05, 0.1) is 9.98 Å². The number of aromatic nitrogens is 1. The molecule has 0 aromatic carbocycles. The minimum atomic E-state index is -0.318.